The fourth-order valence-electron chi connectivity index (χ4n) is 5.01. The number of carbonyl (C=O) groups is 1. The van der Waals surface area contributed by atoms with Gasteiger partial charge in [-0.1, -0.05) is 0 Å². The van der Waals surface area contributed by atoms with Gasteiger partial charge in [0.25, 0.3) is 0 Å². The Labute approximate surface area is 187 Å². The van der Waals surface area contributed by atoms with Crippen LogP contribution in [0.4, 0.5) is 26.2 Å². The Bertz CT molecular complexity index is 1220. The molecule has 0 aromatic carbocycles. The number of nitrogens with zero attached hydrogens (tertiary/aromatic N) is 6. The zero-order chi connectivity index (χ0) is 22.7. The highest BCUT2D eigenvalue weighted by Crippen LogP contribution is 2.57. The van der Waals surface area contributed by atoms with Crippen LogP contribution in [0.2, 0.25) is 0 Å². The van der Waals surface area contributed by atoms with E-state index in [2.05, 4.69) is 30.6 Å². The number of H-pyrrole nitrogens is 1. The first kappa shape index (κ1) is 20.2. The Morgan fingerprint density at radius 1 is 1.24 bits per heavy atom. The minimum atomic E-state index is -2.74. The molecule has 0 unspecified atom stereocenters. The molecule has 2 atom stereocenters. The average Bonchev–Trinajstić information content (AvgIpc) is 3.13. The van der Waals surface area contributed by atoms with Crippen molar-refractivity contribution >= 4 is 23.4 Å². The number of hydrogen-bond acceptors (Lipinski definition) is 7. The molecule has 2 fully saturated rings. The van der Waals surface area contributed by atoms with Gasteiger partial charge in [0.05, 0.1) is 35.3 Å². The molecule has 172 valence electrons. The third-order valence-corrected chi connectivity index (χ3v) is 6.85. The standard InChI is InChI=1S/C21H22F2N8O2/c22-19(23)30-10-11(7-26-30)16-15(9-25-29-16)27-20-24-8-14-17(28-20)31(18(33)21(14)4-5-21)12-2-1-3-13(32)6-12/h7-10,12-13,19,32H,1-6H2,(H,25,29)(H,24,27,28)/t12-,13-/m1/s1. The second kappa shape index (κ2) is 7.30. The highest BCUT2D eigenvalue weighted by atomic mass is 19.3. The Balaban J connectivity index is 1.32. The third kappa shape index (κ3) is 3.19. The molecular formula is C21H22F2N8O2. The lowest BCUT2D eigenvalue weighted by molar-refractivity contribution is -0.121. The number of aromatic nitrogens is 6. The zero-order valence-electron chi connectivity index (χ0n) is 17.6. The molecule has 4 heterocycles. The third-order valence-electron chi connectivity index (χ3n) is 6.85. The van der Waals surface area contributed by atoms with E-state index in [9.17, 15) is 18.7 Å². The molecule has 1 aliphatic heterocycles. The van der Waals surface area contributed by atoms with Crippen molar-refractivity contribution in [1.29, 1.82) is 0 Å². The van der Waals surface area contributed by atoms with Crippen molar-refractivity contribution in [2.75, 3.05) is 10.2 Å². The molecule has 0 saturated heterocycles. The lowest BCUT2D eigenvalue weighted by atomic mass is 9.92. The highest BCUT2D eigenvalue weighted by Gasteiger charge is 2.61. The molecule has 1 amide bonds. The predicted octanol–water partition coefficient (Wildman–Crippen LogP) is 2.88. The van der Waals surface area contributed by atoms with Gasteiger partial charge in [0, 0.05) is 29.6 Å². The lowest BCUT2D eigenvalue weighted by Crippen LogP contribution is -2.44. The first-order chi connectivity index (χ1) is 16.0. The summed E-state index contributed by atoms with van der Waals surface area (Å²) in [6.45, 7) is -2.74. The summed E-state index contributed by atoms with van der Waals surface area (Å²) in [5, 5.41) is 23.7. The predicted molar refractivity (Wildman–Crippen MR) is 113 cm³/mol. The zero-order valence-corrected chi connectivity index (χ0v) is 17.6. The maximum Gasteiger partial charge on any atom is 0.333 e. The molecule has 3 aromatic rings. The maximum absolute atomic E-state index is 13.3. The van der Waals surface area contributed by atoms with Crippen molar-refractivity contribution in [2.24, 2.45) is 0 Å². The van der Waals surface area contributed by atoms with E-state index in [0.29, 0.717) is 33.9 Å². The van der Waals surface area contributed by atoms with Crippen LogP contribution in [0.5, 0.6) is 0 Å². The summed E-state index contributed by atoms with van der Waals surface area (Å²) in [4.78, 5) is 24.2. The molecule has 10 nitrogen and oxygen atoms in total. The van der Waals surface area contributed by atoms with E-state index < -0.39 is 18.1 Å². The van der Waals surface area contributed by atoms with E-state index in [-0.39, 0.29) is 17.9 Å². The number of aliphatic hydroxyl groups excluding tert-OH is 1. The molecule has 12 heteroatoms. The van der Waals surface area contributed by atoms with E-state index >= 15 is 0 Å². The molecule has 2 aliphatic carbocycles. The molecule has 3 aliphatic rings. The van der Waals surface area contributed by atoms with Gasteiger partial charge in [0.2, 0.25) is 11.9 Å². The monoisotopic (exact) mass is 456 g/mol. The maximum atomic E-state index is 13.3. The number of amides is 1. The van der Waals surface area contributed by atoms with E-state index in [0.717, 1.165) is 37.7 Å². The molecular weight excluding hydrogens is 434 g/mol. The molecule has 0 bridgehead atoms. The number of aromatic amines is 1. The normalized spacial score (nSPS) is 23.4. The smallest absolute Gasteiger partial charge is 0.333 e. The number of nitrogens with one attached hydrogen (secondary N) is 2. The topological polar surface area (TPSA) is 125 Å². The summed E-state index contributed by atoms with van der Waals surface area (Å²) in [6, 6.07) is -0.0904. The number of hydrogen-bond donors (Lipinski definition) is 3. The summed E-state index contributed by atoms with van der Waals surface area (Å²) in [5.74, 6) is 0.903. The Morgan fingerprint density at radius 3 is 2.82 bits per heavy atom. The summed E-state index contributed by atoms with van der Waals surface area (Å²) in [5.41, 5.74) is 1.70. The average molecular weight is 456 g/mol. The summed E-state index contributed by atoms with van der Waals surface area (Å²) >= 11 is 0. The molecule has 1 spiro atoms. The largest absolute Gasteiger partial charge is 0.393 e. The molecule has 0 radical (unpaired) electrons. The van der Waals surface area contributed by atoms with Crippen LogP contribution in [0.3, 0.4) is 0 Å². The van der Waals surface area contributed by atoms with Crippen LogP contribution in [0, 0.1) is 0 Å². The summed E-state index contributed by atoms with van der Waals surface area (Å²) in [7, 11) is 0. The number of rotatable bonds is 5. The fraction of sp³-hybridized carbons (Fsp3) is 0.476. The highest BCUT2D eigenvalue weighted by molar-refractivity contribution is 6.09. The van der Waals surface area contributed by atoms with Crippen LogP contribution < -0.4 is 10.2 Å². The van der Waals surface area contributed by atoms with E-state index in [1.165, 1.54) is 18.6 Å². The van der Waals surface area contributed by atoms with Gasteiger partial charge < -0.3 is 10.4 Å². The van der Waals surface area contributed by atoms with Crippen molar-refractivity contribution in [3.63, 3.8) is 0 Å². The van der Waals surface area contributed by atoms with Crippen molar-refractivity contribution < 1.29 is 18.7 Å². The van der Waals surface area contributed by atoms with Crippen LogP contribution in [-0.4, -0.2) is 53.1 Å². The van der Waals surface area contributed by atoms with Crippen molar-refractivity contribution in [2.45, 2.75) is 62.6 Å². The van der Waals surface area contributed by atoms with Crippen LogP contribution in [0.1, 0.15) is 50.6 Å². The molecule has 6 rings (SSSR count). The number of anilines is 3. The quantitative estimate of drug-likeness (QED) is 0.539. The number of alkyl halides is 2. The number of aliphatic hydroxyl groups is 1. The number of carbonyl (C=O) groups excluding carboxylic acids is 1. The van der Waals surface area contributed by atoms with Gasteiger partial charge in [-0.3, -0.25) is 14.8 Å². The van der Waals surface area contributed by atoms with E-state index in [1.54, 1.807) is 11.1 Å². The van der Waals surface area contributed by atoms with Gasteiger partial charge in [-0.2, -0.15) is 24.0 Å². The van der Waals surface area contributed by atoms with E-state index in [1.807, 2.05) is 0 Å². The van der Waals surface area contributed by atoms with E-state index in [4.69, 9.17) is 0 Å². The fourth-order valence-corrected chi connectivity index (χ4v) is 5.01. The second-order valence-corrected chi connectivity index (χ2v) is 8.93. The van der Waals surface area contributed by atoms with Gasteiger partial charge in [0.1, 0.15) is 5.82 Å². The second-order valence-electron chi connectivity index (χ2n) is 8.93. The Hall–Kier alpha value is -3.41. The van der Waals surface area contributed by atoms with Crippen LogP contribution in [0.25, 0.3) is 11.3 Å². The lowest BCUT2D eigenvalue weighted by Gasteiger charge is -2.33. The van der Waals surface area contributed by atoms with Crippen LogP contribution in [0.15, 0.2) is 24.8 Å². The van der Waals surface area contributed by atoms with Crippen molar-refractivity contribution in [3.8, 4) is 11.3 Å². The Kier molecular flexibility index (Phi) is 4.47. The summed E-state index contributed by atoms with van der Waals surface area (Å²) in [6.07, 6.45) is 9.85. The molecule has 33 heavy (non-hydrogen) atoms. The first-order valence-corrected chi connectivity index (χ1v) is 11.0. The minimum absolute atomic E-state index is 0.0477. The number of fused-ring (bicyclic) bond motifs is 2. The summed E-state index contributed by atoms with van der Waals surface area (Å²) < 4.78 is 26.4. The number of halogens is 2. The Morgan fingerprint density at radius 2 is 2.09 bits per heavy atom. The van der Waals surface area contributed by atoms with Gasteiger partial charge in [-0.25, -0.2) is 9.67 Å². The molecule has 3 aromatic heterocycles. The SMILES string of the molecule is O=C1N([C@@H]2CCC[C@@H](O)C2)c2nc(Nc3cn[nH]c3-c3cnn(C(F)F)c3)ncc2C12CC2. The van der Waals surface area contributed by atoms with Gasteiger partial charge in [-0.15, -0.1) is 0 Å². The minimum Gasteiger partial charge on any atom is -0.393 e. The molecule has 2 saturated carbocycles. The van der Waals surface area contributed by atoms with Crippen molar-refractivity contribution in [3.05, 3.63) is 30.4 Å². The molecule has 3 N–H and O–H groups in total. The van der Waals surface area contributed by atoms with Gasteiger partial charge in [0.15, 0.2) is 0 Å². The van der Waals surface area contributed by atoms with Crippen LogP contribution >= 0.6 is 0 Å². The van der Waals surface area contributed by atoms with Gasteiger partial charge in [-0.05, 0) is 38.5 Å². The van der Waals surface area contributed by atoms with Crippen LogP contribution in [-0.2, 0) is 10.2 Å². The van der Waals surface area contributed by atoms with Crippen molar-refractivity contribution in [1.82, 2.24) is 29.9 Å². The van der Waals surface area contributed by atoms with Gasteiger partial charge >= 0.3 is 6.55 Å². The first-order valence-electron chi connectivity index (χ1n) is 11.0.